The van der Waals surface area contributed by atoms with E-state index in [1.165, 1.54) is 7.11 Å². The monoisotopic (exact) mass is 286 g/mol. The van der Waals surface area contributed by atoms with Crippen molar-refractivity contribution in [2.45, 2.75) is 12.3 Å². The minimum atomic E-state index is -0.408. The molecule has 0 amide bonds. The molecule has 4 heteroatoms. The lowest BCUT2D eigenvalue weighted by Crippen LogP contribution is -2.17. The fourth-order valence-corrected chi connectivity index (χ4v) is 2.21. The molecule has 0 spiro atoms. The number of hydrogen-bond donors (Lipinski definition) is 1. The van der Waals surface area contributed by atoms with Gasteiger partial charge in [0.1, 0.15) is 11.5 Å². The molecule has 0 aliphatic heterocycles. The van der Waals surface area contributed by atoms with E-state index in [2.05, 4.69) is 0 Å². The molecule has 2 rings (SSSR count). The molecule has 0 aromatic heterocycles. The van der Waals surface area contributed by atoms with E-state index in [4.69, 9.17) is 9.47 Å². The summed E-state index contributed by atoms with van der Waals surface area (Å²) in [6.07, 6.45) is 0.500. The first-order valence-corrected chi connectivity index (χ1v) is 6.63. The molecule has 1 N–H and O–H groups in total. The Labute approximate surface area is 123 Å². The number of esters is 1. The second-order valence-corrected chi connectivity index (χ2v) is 4.72. The SMILES string of the molecule is COC(=O)C(Cc1ccc(O)cc1)c1cccc(OC)c1. The number of carbonyl (C=O) groups is 1. The van der Waals surface area contributed by atoms with Gasteiger partial charge in [-0.15, -0.1) is 0 Å². The molecule has 2 aromatic carbocycles. The lowest BCUT2D eigenvalue weighted by Gasteiger charge is -2.16. The third-order valence-electron chi connectivity index (χ3n) is 3.36. The summed E-state index contributed by atoms with van der Waals surface area (Å²) in [5.41, 5.74) is 1.79. The second-order valence-electron chi connectivity index (χ2n) is 4.72. The number of rotatable bonds is 5. The van der Waals surface area contributed by atoms with Crippen molar-refractivity contribution in [1.82, 2.24) is 0 Å². The van der Waals surface area contributed by atoms with E-state index < -0.39 is 5.92 Å². The molecule has 110 valence electrons. The summed E-state index contributed by atoms with van der Waals surface area (Å²) >= 11 is 0. The van der Waals surface area contributed by atoms with Crippen LogP contribution in [0.2, 0.25) is 0 Å². The third-order valence-corrected chi connectivity index (χ3v) is 3.36. The zero-order valence-corrected chi connectivity index (χ0v) is 12.1. The topological polar surface area (TPSA) is 55.8 Å². The van der Waals surface area contributed by atoms with Crippen LogP contribution in [0.1, 0.15) is 17.0 Å². The Kier molecular flexibility index (Phi) is 4.82. The first-order valence-electron chi connectivity index (χ1n) is 6.63. The maximum Gasteiger partial charge on any atom is 0.313 e. The Morgan fingerprint density at radius 2 is 1.86 bits per heavy atom. The highest BCUT2D eigenvalue weighted by molar-refractivity contribution is 5.78. The minimum Gasteiger partial charge on any atom is -0.508 e. The van der Waals surface area contributed by atoms with Gasteiger partial charge in [-0.1, -0.05) is 24.3 Å². The number of aromatic hydroxyl groups is 1. The van der Waals surface area contributed by atoms with Crippen LogP contribution in [0.15, 0.2) is 48.5 Å². The summed E-state index contributed by atoms with van der Waals surface area (Å²) in [5, 5.41) is 9.32. The van der Waals surface area contributed by atoms with E-state index in [9.17, 15) is 9.90 Å². The average Bonchev–Trinajstić information content (AvgIpc) is 2.53. The highest BCUT2D eigenvalue weighted by atomic mass is 16.5. The molecule has 0 bridgehead atoms. The van der Waals surface area contributed by atoms with Crippen LogP contribution in [-0.4, -0.2) is 25.3 Å². The van der Waals surface area contributed by atoms with Crippen molar-refractivity contribution in [3.05, 3.63) is 59.7 Å². The second kappa shape index (κ2) is 6.79. The van der Waals surface area contributed by atoms with Gasteiger partial charge in [0.05, 0.1) is 20.1 Å². The van der Waals surface area contributed by atoms with Gasteiger partial charge in [0, 0.05) is 0 Å². The van der Waals surface area contributed by atoms with Gasteiger partial charge < -0.3 is 14.6 Å². The molecular formula is C17H18O4. The summed E-state index contributed by atoms with van der Waals surface area (Å²) in [7, 11) is 2.97. The van der Waals surface area contributed by atoms with Gasteiger partial charge in [0.2, 0.25) is 0 Å². The number of phenolic OH excluding ortho intramolecular Hbond substituents is 1. The van der Waals surface area contributed by atoms with Crippen molar-refractivity contribution < 1.29 is 19.4 Å². The van der Waals surface area contributed by atoms with Crippen molar-refractivity contribution >= 4 is 5.97 Å². The zero-order chi connectivity index (χ0) is 15.2. The van der Waals surface area contributed by atoms with Gasteiger partial charge >= 0.3 is 5.97 Å². The standard InChI is InChI=1S/C17H18O4/c1-20-15-5-3-4-13(11-15)16(17(19)21-2)10-12-6-8-14(18)9-7-12/h3-9,11,16,18H,10H2,1-2H3. The molecule has 4 nitrogen and oxygen atoms in total. The molecule has 0 fully saturated rings. The fourth-order valence-electron chi connectivity index (χ4n) is 2.21. The molecule has 2 aromatic rings. The number of benzene rings is 2. The van der Waals surface area contributed by atoms with Gasteiger partial charge in [0.15, 0.2) is 0 Å². The van der Waals surface area contributed by atoms with E-state index in [0.717, 1.165) is 11.1 Å². The van der Waals surface area contributed by atoms with Crippen LogP contribution in [0, 0.1) is 0 Å². The van der Waals surface area contributed by atoms with Crippen LogP contribution in [0.25, 0.3) is 0 Å². The van der Waals surface area contributed by atoms with E-state index in [1.807, 2.05) is 24.3 Å². The summed E-state index contributed by atoms with van der Waals surface area (Å²) in [5.74, 6) is 0.202. The molecule has 1 atom stereocenters. The van der Waals surface area contributed by atoms with Gasteiger partial charge in [-0.3, -0.25) is 4.79 Å². The van der Waals surface area contributed by atoms with Crippen molar-refractivity contribution in [3.8, 4) is 11.5 Å². The molecule has 0 saturated heterocycles. The average molecular weight is 286 g/mol. The summed E-state index contributed by atoms with van der Waals surface area (Å²) in [4.78, 5) is 12.1. The number of ether oxygens (including phenoxy) is 2. The normalized spacial score (nSPS) is 11.7. The van der Waals surface area contributed by atoms with Gasteiger partial charge in [-0.25, -0.2) is 0 Å². The number of hydrogen-bond acceptors (Lipinski definition) is 4. The van der Waals surface area contributed by atoms with Crippen LogP contribution < -0.4 is 4.74 Å². The van der Waals surface area contributed by atoms with Crippen molar-refractivity contribution in [3.63, 3.8) is 0 Å². The molecule has 0 radical (unpaired) electrons. The first-order chi connectivity index (χ1) is 10.1. The Morgan fingerprint density at radius 3 is 2.48 bits per heavy atom. The zero-order valence-electron chi connectivity index (χ0n) is 12.1. The van der Waals surface area contributed by atoms with Gasteiger partial charge in [-0.2, -0.15) is 0 Å². The number of carbonyl (C=O) groups excluding carboxylic acids is 1. The highest BCUT2D eigenvalue weighted by Crippen LogP contribution is 2.26. The molecule has 0 saturated carbocycles. The smallest absolute Gasteiger partial charge is 0.313 e. The number of methoxy groups -OCH3 is 2. The summed E-state index contributed by atoms with van der Waals surface area (Å²) < 4.78 is 10.1. The van der Waals surface area contributed by atoms with Crippen LogP contribution in [0.3, 0.4) is 0 Å². The largest absolute Gasteiger partial charge is 0.508 e. The van der Waals surface area contributed by atoms with Crippen LogP contribution in [-0.2, 0) is 16.0 Å². The van der Waals surface area contributed by atoms with E-state index in [0.29, 0.717) is 12.2 Å². The highest BCUT2D eigenvalue weighted by Gasteiger charge is 2.22. The van der Waals surface area contributed by atoms with Crippen LogP contribution in [0.4, 0.5) is 0 Å². The quantitative estimate of drug-likeness (QED) is 0.859. The maximum absolute atomic E-state index is 12.1. The van der Waals surface area contributed by atoms with E-state index in [1.54, 1.807) is 31.4 Å². The Hall–Kier alpha value is -2.49. The minimum absolute atomic E-state index is 0.203. The first kappa shape index (κ1) is 14.9. The maximum atomic E-state index is 12.1. The third kappa shape index (κ3) is 3.75. The van der Waals surface area contributed by atoms with E-state index in [-0.39, 0.29) is 11.7 Å². The molecule has 0 aliphatic rings. The lowest BCUT2D eigenvalue weighted by atomic mass is 9.92. The van der Waals surface area contributed by atoms with Crippen LogP contribution >= 0.6 is 0 Å². The summed E-state index contributed by atoms with van der Waals surface area (Å²) in [6, 6.07) is 14.2. The van der Waals surface area contributed by atoms with Gasteiger partial charge in [0.25, 0.3) is 0 Å². The molecule has 1 unspecified atom stereocenters. The lowest BCUT2D eigenvalue weighted by molar-refractivity contribution is -0.142. The molecule has 0 aliphatic carbocycles. The fraction of sp³-hybridized carbons (Fsp3) is 0.235. The van der Waals surface area contributed by atoms with Gasteiger partial charge in [-0.05, 0) is 41.8 Å². The van der Waals surface area contributed by atoms with Crippen molar-refractivity contribution in [1.29, 1.82) is 0 Å². The van der Waals surface area contributed by atoms with E-state index >= 15 is 0 Å². The Bertz CT molecular complexity index is 604. The molecular weight excluding hydrogens is 268 g/mol. The Balaban J connectivity index is 2.29. The Morgan fingerprint density at radius 1 is 1.14 bits per heavy atom. The van der Waals surface area contributed by atoms with Crippen molar-refractivity contribution in [2.75, 3.05) is 14.2 Å². The van der Waals surface area contributed by atoms with Crippen molar-refractivity contribution in [2.24, 2.45) is 0 Å². The summed E-state index contributed by atoms with van der Waals surface area (Å²) in [6.45, 7) is 0. The predicted octanol–water partition coefficient (Wildman–Crippen LogP) is 2.90. The predicted molar refractivity (Wildman–Crippen MR) is 79.6 cm³/mol. The molecule has 21 heavy (non-hydrogen) atoms. The van der Waals surface area contributed by atoms with Crippen LogP contribution in [0.5, 0.6) is 11.5 Å². The number of phenols is 1. The molecule has 0 heterocycles.